The summed E-state index contributed by atoms with van der Waals surface area (Å²) in [5.74, 6) is -1.07. The van der Waals surface area contributed by atoms with Crippen LogP contribution < -0.4 is 0 Å². The van der Waals surface area contributed by atoms with E-state index in [2.05, 4.69) is 4.99 Å². The molecule has 0 bridgehead atoms. The van der Waals surface area contributed by atoms with Crippen LogP contribution in [-0.2, 0) is 9.53 Å². The van der Waals surface area contributed by atoms with Crippen molar-refractivity contribution in [3.8, 4) is 0 Å². The first-order valence-corrected chi connectivity index (χ1v) is 6.13. The molecule has 0 radical (unpaired) electrons. The molecule has 0 spiro atoms. The van der Waals surface area contributed by atoms with E-state index in [1.165, 1.54) is 25.5 Å². The largest absolute Gasteiger partial charge is 0.467 e. The molecule has 0 aliphatic rings. The second-order valence-electron chi connectivity index (χ2n) is 4.14. The van der Waals surface area contributed by atoms with Crippen molar-refractivity contribution in [1.29, 1.82) is 0 Å². The van der Waals surface area contributed by atoms with Crippen LogP contribution in [-0.4, -0.2) is 19.3 Å². The molecule has 0 N–H and O–H groups in total. The average Bonchev–Trinajstić information content (AvgIpc) is 2.50. The van der Waals surface area contributed by atoms with E-state index in [9.17, 15) is 9.18 Å². The zero-order valence-electron chi connectivity index (χ0n) is 11.0. The number of carbonyl (C=O) groups is 1. The van der Waals surface area contributed by atoms with Crippen LogP contribution in [0.2, 0.25) is 0 Å². The third-order valence-electron chi connectivity index (χ3n) is 2.80. The lowest BCUT2D eigenvalue weighted by Gasteiger charge is -2.11. The van der Waals surface area contributed by atoms with Crippen molar-refractivity contribution < 1.29 is 13.9 Å². The first kappa shape index (κ1) is 13.9. The molecular weight excluding hydrogens is 257 g/mol. The topological polar surface area (TPSA) is 38.7 Å². The van der Waals surface area contributed by atoms with Gasteiger partial charge < -0.3 is 4.74 Å². The number of hydrogen-bond acceptors (Lipinski definition) is 3. The van der Waals surface area contributed by atoms with Gasteiger partial charge in [-0.3, -0.25) is 4.99 Å². The highest BCUT2D eigenvalue weighted by molar-refractivity contribution is 5.84. The molecule has 0 heterocycles. The predicted molar refractivity (Wildman–Crippen MR) is 75.2 cm³/mol. The van der Waals surface area contributed by atoms with Crippen molar-refractivity contribution in [3.05, 3.63) is 71.5 Å². The van der Waals surface area contributed by atoms with Gasteiger partial charge in [0.1, 0.15) is 5.82 Å². The summed E-state index contributed by atoms with van der Waals surface area (Å²) in [4.78, 5) is 15.9. The van der Waals surface area contributed by atoms with E-state index in [0.29, 0.717) is 0 Å². The number of benzene rings is 2. The number of nitrogens with zero attached hydrogens (tertiary/aromatic N) is 1. The molecule has 3 nitrogen and oxygen atoms in total. The van der Waals surface area contributed by atoms with Crippen LogP contribution in [0.25, 0.3) is 0 Å². The van der Waals surface area contributed by atoms with E-state index in [4.69, 9.17) is 4.74 Å². The van der Waals surface area contributed by atoms with Crippen LogP contribution >= 0.6 is 0 Å². The third-order valence-corrected chi connectivity index (χ3v) is 2.80. The first-order valence-electron chi connectivity index (χ1n) is 6.13. The van der Waals surface area contributed by atoms with E-state index < -0.39 is 17.8 Å². The molecule has 0 fully saturated rings. The Bertz CT molecular complexity index is 611. The molecule has 2 rings (SSSR count). The lowest BCUT2D eigenvalue weighted by Crippen LogP contribution is -2.14. The van der Waals surface area contributed by atoms with Crippen LogP contribution in [0.3, 0.4) is 0 Å². The van der Waals surface area contributed by atoms with E-state index in [0.717, 1.165) is 5.56 Å². The monoisotopic (exact) mass is 271 g/mol. The van der Waals surface area contributed by atoms with E-state index in [1.54, 1.807) is 12.1 Å². The molecule has 0 aliphatic carbocycles. The van der Waals surface area contributed by atoms with Gasteiger partial charge >= 0.3 is 5.97 Å². The van der Waals surface area contributed by atoms with Gasteiger partial charge in [0.2, 0.25) is 0 Å². The highest BCUT2D eigenvalue weighted by Crippen LogP contribution is 2.21. The van der Waals surface area contributed by atoms with Crippen molar-refractivity contribution in [1.82, 2.24) is 0 Å². The van der Waals surface area contributed by atoms with E-state index >= 15 is 0 Å². The third kappa shape index (κ3) is 3.29. The summed E-state index contributed by atoms with van der Waals surface area (Å²) in [7, 11) is 1.26. The molecule has 0 aliphatic heterocycles. The molecule has 0 saturated heterocycles. The van der Waals surface area contributed by atoms with Crippen molar-refractivity contribution in [3.63, 3.8) is 0 Å². The SMILES string of the molecule is COC(=O)C(N=Cc1ccccc1)c1ccccc1F. The highest BCUT2D eigenvalue weighted by atomic mass is 19.1. The summed E-state index contributed by atoms with van der Waals surface area (Å²) in [6.45, 7) is 0. The first-order chi connectivity index (χ1) is 9.72. The number of methoxy groups -OCH3 is 1. The molecule has 0 amide bonds. The Balaban J connectivity index is 2.32. The van der Waals surface area contributed by atoms with E-state index in [1.807, 2.05) is 30.3 Å². The number of aliphatic imine (C=N–C) groups is 1. The smallest absolute Gasteiger partial charge is 0.335 e. The van der Waals surface area contributed by atoms with Crippen molar-refractivity contribution in [2.75, 3.05) is 7.11 Å². The Hall–Kier alpha value is -2.49. The van der Waals surface area contributed by atoms with Crippen LogP contribution in [0, 0.1) is 5.82 Å². The number of halogens is 1. The fourth-order valence-electron chi connectivity index (χ4n) is 1.78. The van der Waals surface area contributed by atoms with Gasteiger partial charge in [-0.25, -0.2) is 9.18 Å². The highest BCUT2D eigenvalue weighted by Gasteiger charge is 2.22. The number of rotatable bonds is 4. The Morgan fingerprint density at radius 3 is 2.45 bits per heavy atom. The molecule has 102 valence electrons. The zero-order chi connectivity index (χ0) is 14.4. The van der Waals surface area contributed by atoms with Gasteiger partial charge in [-0.15, -0.1) is 0 Å². The lowest BCUT2D eigenvalue weighted by molar-refractivity contribution is -0.142. The minimum atomic E-state index is -0.999. The number of hydrogen-bond donors (Lipinski definition) is 0. The second kappa shape index (κ2) is 6.61. The fraction of sp³-hybridized carbons (Fsp3) is 0.125. The van der Waals surface area contributed by atoms with Crippen molar-refractivity contribution in [2.45, 2.75) is 6.04 Å². The van der Waals surface area contributed by atoms with Gasteiger partial charge in [0.15, 0.2) is 6.04 Å². The van der Waals surface area contributed by atoms with Crippen molar-refractivity contribution >= 4 is 12.2 Å². The lowest BCUT2D eigenvalue weighted by atomic mass is 10.1. The van der Waals surface area contributed by atoms with Crippen LogP contribution in [0.1, 0.15) is 17.2 Å². The summed E-state index contributed by atoms with van der Waals surface area (Å²) in [6, 6.07) is 14.3. The summed E-state index contributed by atoms with van der Waals surface area (Å²) < 4.78 is 18.5. The molecule has 0 saturated carbocycles. The molecule has 2 aromatic rings. The summed E-state index contributed by atoms with van der Waals surface area (Å²) in [6.07, 6.45) is 1.54. The number of ether oxygens (including phenoxy) is 1. The van der Waals surface area contributed by atoms with Crippen LogP contribution in [0.4, 0.5) is 4.39 Å². The second-order valence-corrected chi connectivity index (χ2v) is 4.14. The molecule has 1 atom stereocenters. The maximum absolute atomic E-state index is 13.8. The fourth-order valence-corrected chi connectivity index (χ4v) is 1.78. The Morgan fingerprint density at radius 1 is 1.15 bits per heavy atom. The maximum atomic E-state index is 13.8. The summed E-state index contributed by atoms with van der Waals surface area (Å²) in [5.41, 5.74) is 1.03. The average molecular weight is 271 g/mol. The van der Waals surface area contributed by atoms with Crippen LogP contribution in [0.5, 0.6) is 0 Å². The molecule has 0 aromatic heterocycles. The molecular formula is C16H14FNO2. The summed E-state index contributed by atoms with van der Waals surface area (Å²) >= 11 is 0. The molecule has 4 heteroatoms. The molecule has 2 aromatic carbocycles. The zero-order valence-corrected chi connectivity index (χ0v) is 11.0. The van der Waals surface area contributed by atoms with Gasteiger partial charge in [0.05, 0.1) is 7.11 Å². The Morgan fingerprint density at radius 2 is 1.80 bits per heavy atom. The Labute approximate surface area is 116 Å². The van der Waals surface area contributed by atoms with Gasteiger partial charge in [-0.2, -0.15) is 0 Å². The van der Waals surface area contributed by atoms with Gasteiger partial charge in [-0.1, -0.05) is 48.5 Å². The minimum Gasteiger partial charge on any atom is -0.467 e. The standard InChI is InChI=1S/C16H14FNO2/c1-20-16(19)15(13-9-5-6-10-14(13)17)18-11-12-7-3-2-4-8-12/h2-11,15H,1H3. The summed E-state index contributed by atoms with van der Waals surface area (Å²) in [5, 5.41) is 0. The predicted octanol–water partition coefficient (Wildman–Crippen LogP) is 3.16. The number of esters is 1. The molecule has 1 unspecified atom stereocenters. The van der Waals surface area contributed by atoms with Gasteiger partial charge in [-0.05, 0) is 11.6 Å². The normalized spacial score (nSPS) is 12.3. The minimum absolute atomic E-state index is 0.200. The van der Waals surface area contributed by atoms with Gasteiger partial charge in [0.25, 0.3) is 0 Å². The van der Waals surface area contributed by atoms with Crippen LogP contribution in [0.15, 0.2) is 59.6 Å². The Kier molecular flexibility index (Phi) is 4.60. The van der Waals surface area contributed by atoms with E-state index in [-0.39, 0.29) is 5.56 Å². The quantitative estimate of drug-likeness (QED) is 0.633. The molecule has 20 heavy (non-hydrogen) atoms. The van der Waals surface area contributed by atoms with Gasteiger partial charge in [0, 0.05) is 11.8 Å². The number of carbonyl (C=O) groups excluding carboxylic acids is 1. The maximum Gasteiger partial charge on any atom is 0.335 e. The van der Waals surface area contributed by atoms with Crippen molar-refractivity contribution in [2.24, 2.45) is 4.99 Å².